The summed E-state index contributed by atoms with van der Waals surface area (Å²) in [6.45, 7) is 0. The quantitative estimate of drug-likeness (QED) is 0.235. The third-order valence-corrected chi connectivity index (χ3v) is 7.93. The van der Waals surface area contributed by atoms with Crippen molar-refractivity contribution in [1.29, 1.82) is 0 Å². The molecule has 1 aliphatic rings. The molecule has 1 heterocycles. The Bertz CT molecular complexity index is 1500. The third-order valence-electron chi connectivity index (χ3n) is 7.93. The molecular formula is C38H28O. The van der Waals surface area contributed by atoms with Crippen molar-refractivity contribution in [2.75, 3.05) is 0 Å². The normalized spacial score (nSPS) is 15.0. The predicted octanol–water partition coefficient (Wildman–Crippen LogP) is 8.97. The highest BCUT2D eigenvalue weighted by molar-refractivity contribution is 5.78. The number of fused-ring (bicyclic) bond motifs is 3. The summed E-state index contributed by atoms with van der Waals surface area (Å²) in [4.78, 5) is 0. The molecule has 0 spiro atoms. The Morgan fingerprint density at radius 3 is 0.846 bits per heavy atom. The van der Waals surface area contributed by atoms with Gasteiger partial charge in [0.25, 0.3) is 0 Å². The largest absolute Gasteiger partial charge is 0.340 e. The molecule has 0 saturated heterocycles. The minimum absolute atomic E-state index is 0.899. The smallest absolute Gasteiger partial charge is 0.146 e. The number of rotatable bonds is 4. The van der Waals surface area contributed by atoms with E-state index in [1.807, 2.05) is 0 Å². The van der Waals surface area contributed by atoms with Gasteiger partial charge in [-0.3, -0.25) is 0 Å². The zero-order chi connectivity index (χ0) is 26.1. The topological polar surface area (TPSA) is 9.23 Å². The van der Waals surface area contributed by atoms with Gasteiger partial charge in [0.05, 0.1) is 0 Å². The minimum Gasteiger partial charge on any atom is -0.340 e. The van der Waals surface area contributed by atoms with Gasteiger partial charge in [0.2, 0.25) is 0 Å². The van der Waals surface area contributed by atoms with Gasteiger partial charge >= 0.3 is 0 Å². The van der Waals surface area contributed by atoms with Crippen molar-refractivity contribution in [2.24, 2.45) is 0 Å². The summed E-state index contributed by atoms with van der Waals surface area (Å²) < 4.78 is 7.98. The van der Waals surface area contributed by atoms with Crippen molar-refractivity contribution in [1.82, 2.24) is 0 Å². The van der Waals surface area contributed by atoms with Gasteiger partial charge in [-0.2, -0.15) is 0 Å². The molecule has 7 rings (SSSR count). The van der Waals surface area contributed by atoms with E-state index in [4.69, 9.17) is 4.74 Å². The van der Waals surface area contributed by atoms with Crippen LogP contribution in [0.1, 0.15) is 33.4 Å². The Balaban J connectivity index is 1.71. The molecular weight excluding hydrogens is 472 g/mol. The second kappa shape index (κ2) is 9.54. The Hall–Kier alpha value is -4.72. The summed E-state index contributed by atoms with van der Waals surface area (Å²) in [6, 6.07) is 60.2. The van der Waals surface area contributed by atoms with Gasteiger partial charge in [0.15, 0.2) is 0 Å². The van der Waals surface area contributed by atoms with Crippen molar-refractivity contribution in [3.63, 3.8) is 0 Å². The first kappa shape index (κ1) is 23.4. The molecule has 6 aromatic rings. The van der Waals surface area contributed by atoms with E-state index >= 15 is 0 Å². The summed E-state index contributed by atoms with van der Waals surface area (Å²) in [5.74, 6) is 0. The molecule has 0 aromatic heterocycles. The van der Waals surface area contributed by atoms with Crippen LogP contribution in [0.3, 0.4) is 0 Å². The molecule has 0 N–H and O–H groups in total. The molecule has 1 aliphatic heterocycles. The maximum absolute atomic E-state index is 7.98. The van der Waals surface area contributed by atoms with E-state index in [0.29, 0.717) is 0 Å². The lowest BCUT2D eigenvalue weighted by atomic mass is 9.77. The van der Waals surface area contributed by atoms with E-state index in [9.17, 15) is 0 Å². The average Bonchev–Trinajstić information content (AvgIpc) is 3.15. The van der Waals surface area contributed by atoms with Gasteiger partial charge in [-0.25, -0.2) is 0 Å². The van der Waals surface area contributed by atoms with E-state index in [-0.39, 0.29) is 0 Å². The van der Waals surface area contributed by atoms with Crippen LogP contribution in [0.4, 0.5) is 0 Å². The first-order valence-corrected chi connectivity index (χ1v) is 13.5. The van der Waals surface area contributed by atoms with Crippen LogP contribution < -0.4 is 0 Å². The van der Waals surface area contributed by atoms with E-state index in [0.717, 1.165) is 33.4 Å². The van der Waals surface area contributed by atoms with Crippen LogP contribution in [-0.4, -0.2) is 0 Å². The maximum atomic E-state index is 7.98. The fourth-order valence-corrected chi connectivity index (χ4v) is 6.27. The van der Waals surface area contributed by atoms with Gasteiger partial charge in [0.1, 0.15) is 11.2 Å². The molecule has 0 saturated carbocycles. The van der Waals surface area contributed by atoms with Crippen LogP contribution in [0.15, 0.2) is 170 Å². The van der Waals surface area contributed by atoms with Crippen LogP contribution in [0, 0.1) is 0 Å². The van der Waals surface area contributed by atoms with Crippen molar-refractivity contribution < 1.29 is 4.74 Å². The lowest BCUT2D eigenvalue weighted by Gasteiger charge is -2.45. The fraction of sp³-hybridized carbons (Fsp3) is 0.0526. The van der Waals surface area contributed by atoms with Crippen LogP contribution >= 0.6 is 0 Å². The molecule has 6 aromatic carbocycles. The van der Waals surface area contributed by atoms with Crippen molar-refractivity contribution in [3.8, 4) is 11.1 Å². The molecule has 0 fully saturated rings. The minimum atomic E-state index is -0.899. The number of benzene rings is 6. The lowest BCUT2D eigenvalue weighted by Crippen LogP contribution is -2.43. The molecule has 0 amide bonds. The van der Waals surface area contributed by atoms with Crippen molar-refractivity contribution in [3.05, 3.63) is 203 Å². The average molecular weight is 501 g/mol. The molecule has 1 nitrogen and oxygen atoms in total. The van der Waals surface area contributed by atoms with Crippen LogP contribution in [0.25, 0.3) is 11.1 Å². The summed E-state index contributed by atoms with van der Waals surface area (Å²) in [6.07, 6.45) is 0. The highest BCUT2D eigenvalue weighted by atomic mass is 16.5. The molecule has 0 bridgehead atoms. The van der Waals surface area contributed by atoms with E-state index in [1.54, 1.807) is 0 Å². The Morgan fingerprint density at radius 2 is 0.538 bits per heavy atom. The van der Waals surface area contributed by atoms with E-state index in [2.05, 4.69) is 170 Å². The van der Waals surface area contributed by atoms with Gasteiger partial charge in [0, 0.05) is 11.1 Å². The Morgan fingerprint density at radius 1 is 0.282 bits per heavy atom. The molecule has 1 heteroatoms. The fourth-order valence-electron chi connectivity index (χ4n) is 6.27. The highest BCUT2D eigenvalue weighted by Gasteiger charge is 2.52. The lowest BCUT2D eigenvalue weighted by molar-refractivity contribution is -0.0787. The molecule has 0 aliphatic carbocycles. The molecule has 0 atom stereocenters. The standard InChI is InChI=1S/C38H28O/c1-5-17-29(18-6-1)37(30-19-7-2-8-20-30)35-27-15-13-25-33(35)34-26-14-16-28-36(34)38(39-37,31-21-9-3-10-22-31)32-23-11-4-12-24-32/h1-28H. The molecule has 0 radical (unpaired) electrons. The maximum Gasteiger partial charge on any atom is 0.146 e. The van der Waals surface area contributed by atoms with E-state index < -0.39 is 11.2 Å². The van der Waals surface area contributed by atoms with Gasteiger partial charge in [-0.1, -0.05) is 170 Å². The first-order chi connectivity index (χ1) is 19.3. The zero-order valence-corrected chi connectivity index (χ0v) is 21.6. The number of hydrogen-bond acceptors (Lipinski definition) is 1. The zero-order valence-electron chi connectivity index (χ0n) is 21.6. The van der Waals surface area contributed by atoms with Crippen LogP contribution in [-0.2, 0) is 15.9 Å². The summed E-state index contributed by atoms with van der Waals surface area (Å²) >= 11 is 0. The summed E-state index contributed by atoms with van der Waals surface area (Å²) in [5, 5.41) is 0. The third kappa shape index (κ3) is 3.59. The molecule has 39 heavy (non-hydrogen) atoms. The predicted molar refractivity (Wildman–Crippen MR) is 158 cm³/mol. The van der Waals surface area contributed by atoms with Crippen LogP contribution in [0.2, 0.25) is 0 Å². The molecule has 0 unspecified atom stereocenters. The first-order valence-electron chi connectivity index (χ1n) is 13.5. The summed E-state index contributed by atoms with van der Waals surface area (Å²) in [5.41, 5.74) is 7.17. The number of hydrogen-bond donors (Lipinski definition) is 0. The second-order valence-corrected chi connectivity index (χ2v) is 10.0. The van der Waals surface area contributed by atoms with Gasteiger partial charge < -0.3 is 4.74 Å². The Labute approximate surface area is 230 Å². The SMILES string of the molecule is c1ccc(C2(c3ccccc3)OC(c3ccccc3)(c3ccccc3)c3ccccc3-c3ccccc32)cc1. The van der Waals surface area contributed by atoms with E-state index in [1.165, 1.54) is 11.1 Å². The number of ether oxygens (including phenoxy) is 1. The van der Waals surface area contributed by atoms with Gasteiger partial charge in [-0.05, 0) is 33.4 Å². The molecule has 186 valence electrons. The van der Waals surface area contributed by atoms with Crippen molar-refractivity contribution >= 4 is 0 Å². The summed E-state index contributed by atoms with van der Waals surface area (Å²) in [7, 11) is 0. The van der Waals surface area contributed by atoms with Crippen LogP contribution in [0.5, 0.6) is 0 Å². The highest BCUT2D eigenvalue weighted by Crippen LogP contribution is 2.57. The Kier molecular flexibility index (Phi) is 5.73. The van der Waals surface area contributed by atoms with Crippen molar-refractivity contribution in [2.45, 2.75) is 11.2 Å². The van der Waals surface area contributed by atoms with Gasteiger partial charge in [-0.15, -0.1) is 0 Å². The second-order valence-electron chi connectivity index (χ2n) is 10.0. The monoisotopic (exact) mass is 500 g/mol.